The number of nitrogens with zero attached hydrogens (tertiary/aromatic N) is 3. The van der Waals surface area contributed by atoms with E-state index in [1.165, 1.54) is 12.1 Å². The molecule has 0 aromatic heterocycles. The zero-order chi connectivity index (χ0) is 25.0. The van der Waals surface area contributed by atoms with Crippen LogP contribution in [0.15, 0.2) is 54.6 Å². The first-order valence-electron chi connectivity index (χ1n) is 11.3. The molecule has 0 saturated carbocycles. The number of rotatable bonds is 4. The van der Waals surface area contributed by atoms with E-state index in [1.54, 1.807) is 9.80 Å². The summed E-state index contributed by atoms with van der Waals surface area (Å²) in [7, 11) is 0. The van der Waals surface area contributed by atoms with E-state index in [0.717, 1.165) is 17.8 Å². The molecule has 7 nitrogen and oxygen atoms in total. The van der Waals surface area contributed by atoms with Crippen LogP contribution in [-0.4, -0.2) is 72.0 Å². The summed E-state index contributed by atoms with van der Waals surface area (Å²) in [6.45, 7) is 3.11. The molecule has 186 valence electrons. The third-order valence-corrected chi connectivity index (χ3v) is 6.49. The third-order valence-electron chi connectivity index (χ3n) is 6.15. The Balaban J connectivity index is 1.38. The van der Waals surface area contributed by atoms with Crippen molar-refractivity contribution in [2.45, 2.75) is 18.6 Å². The summed E-state index contributed by atoms with van der Waals surface area (Å²) in [5, 5.41) is 5.65. The summed E-state index contributed by atoms with van der Waals surface area (Å²) in [5.74, 6) is -0.493. The van der Waals surface area contributed by atoms with Crippen molar-refractivity contribution in [1.29, 1.82) is 0 Å². The van der Waals surface area contributed by atoms with Gasteiger partial charge in [-0.1, -0.05) is 24.3 Å². The van der Waals surface area contributed by atoms with Crippen molar-refractivity contribution < 1.29 is 22.8 Å². The average molecular weight is 506 g/mol. The molecule has 0 aliphatic carbocycles. The SMILES string of the molecule is O=C1NCCN(C(=S)Nc2cccc(C(F)(F)F)c2)[C@H]1CC(=O)N1CCN(c2ccccc2)CC1. The third kappa shape index (κ3) is 6.02. The molecule has 2 aliphatic rings. The van der Waals surface area contributed by atoms with Crippen LogP contribution in [0.5, 0.6) is 0 Å². The number of hydrogen-bond donors (Lipinski definition) is 2. The average Bonchev–Trinajstić information content (AvgIpc) is 2.85. The number of nitrogens with one attached hydrogen (secondary N) is 2. The number of thiocarbonyl (C=S) groups is 1. The maximum Gasteiger partial charge on any atom is 0.416 e. The highest BCUT2D eigenvalue weighted by Crippen LogP contribution is 2.31. The van der Waals surface area contributed by atoms with E-state index in [2.05, 4.69) is 15.5 Å². The number of hydrogen-bond acceptors (Lipinski definition) is 4. The summed E-state index contributed by atoms with van der Waals surface area (Å²) in [6, 6.07) is 13.8. The molecule has 0 bridgehead atoms. The standard InChI is InChI=1S/C24H26F3N5O2S/c25-24(26,27)17-5-4-6-18(15-17)29-23(35)32-10-9-28-22(34)20(32)16-21(33)31-13-11-30(12-14-31)19-7-2-1-3-8-19/h1-8,15,20H,9-14,16H2,(H,28,34)(H,29,35)/t20-/m0/s1. The molecule has 0 unspecified atom stereocenters. The molecule has 2 heterocycles. The van der Waals surface area contributed by atoms with Crippen molar-refractivity contribution in [3.8, 4) is 0 Å². The van der Waals surface area contributed by atoms with Crippen LogP contribution in [0, 0.1) is 0 Å². The number of benzene rings is 2. The van der Waals surface area contributed by atoms with Crippen molar-refractivity contribution in [2.24, 2.45) is 0 Å². The molecule has 0 radical (unpaired) electrons. The summed E-state index contributed by atoms with van der Waals surface area (Å²) in [6.07, 6.45) is -4.55. The number of halogens is 3. The second-order valence-corrected chi connectivity index (χ2v) is 8.80. The van der Waals surface area contributed by atoms with Crippen LogP contribution in [0.1, 0.15) is 12.0 Å². The maximum absolute atomic E-state index is 13.0. The molecular formula is C24H26F3N5O2S. The molecular weight excluding hydrogens is 479 g/mol. The Labute approximate surface area is 206 Å². The summed E-state index contributed by atoms with van der Waals surface area (Å²) < 4.78 is 39.1. The first-order chi connectivity index (χ1) is 16.7. The molecule has 2 fully saturated rings. The lowest BCUT2D eigenvalue weighted by Gasteiger charge is -2.39. The molecule has 2 N–H and O–H groups in total. The lowest BCUT2D eigenvalue weighted by atomic mass is 10.1. The van der Waals surface area contributed by atoms with Crippen LogP contribution < -0.4 is 15.5 Å². The Morgan fingerprint density at radius 3 is 2.43 bits per heavy atom. The van der Waals surface area contributed by atoms with Gasteiger partial charge in [-0.15, -0.1) is 0 Å². The molecule has 2 saturated heterocycles. The fourth-order valence-corrected chi connectivity index (χ4v) is 4.61. The van der Waals surface area contributed by atoms with Gasteiger partial charge < -0.3 is 25.3 Å². The molecule has 1 atom stereocenters. The fraction of sp³-hybridized carbons (Fsp3) is 0.375. The predicted molar refractivity (Wildman–Crippen MR) is 131 cm³/mol. The van der Waals surface area contributed by atoms with E-state index in [1.807, 2.05) is 30.3 Å². The molecule has 2 aromatic carbocycles. The first kappa shape index (κ1) is 24.8. The van der Waals surface area contributed by atoms with Crippen LogP contribution in [0.2, 0.25) is 0 Å². The Morgan fingerprint density at radius 1 is 1.03 bits per heavy atom. The summed E-state index contributed by atoms with van der Waals surface area (Å²) in [5.41, 5.74) is 0.462. The van der Waals surface area contributed by atoms with E-state index in [4.69, 9.17) is 12.2 Å². The number of piperazine rings is 2. The van der Waals surface area contributed by atoms with Crippen molar-refractivity contribution in [2.75, 3.05) is 49.5 Å². The van der Waals surface area contributed by atoms with Crippen LogP contribution in [-0.2, 0) is 15.8 Å². The van der Waals surface area contributed by atoms with Gasteiger partial charge in [0.25, 0.3) is 0 Å². The van der Waals surface area contributed by atoms with Gasteiger partial charge in [-0.05, 0) is 42.5 Å². The van der Waals surface area contributed by atoms with E-state index in [0.29, 0.717) is 39.3 Å². The Morgan fingerprint density at radius 2 is 1.74 bits per heavy atom. The highest BCUT2D eigenvalue weighted by Gasteiger charge is 2.35. The molecule has 2 aromatic rings. The quantitative estimate of drug-likeness (QED) is 0.623. The van der Waals surface area contributed by atoms with Crippen molar-refractivity contribution in [3.05, 3.63) is 60.2 Å². The molecule has 0 spiro atoms. The van der Waals surface area contributed by atoms with E-state index < -0.39 is 17.8 Å². The normalized spacial score (nSPS) is 18.8. The van der Waals surface area contributed by atoms with Gasteiger partial charge in [-0.25, -0.2) is 0 Å². The predicted octanol–water partition coefficient (Wildman–Crippen LogP) is 2.94. The fourth-order valence-electron chi connectivity index (χ4n) is 4.28. The topological polar surface area (TPSA) is 67.9 Å². The minimum Gasteiger partial charge on any atom is -0.368 e. The van der Waals surface area contributed by atoms with Crippen LogP contribution >= 0.6 is 12.2 Å². The second-order valence-electron chi connectivity index (χ2n) is 8.42. The van der Waals surface area contributed by atoms with Crippen molar-refractivity contribution >= 4 is 40.5 Å². The molecule has 35 heavy (non-hydrogen) atoms. The molecule has 2 amide bonds. The van der Waals surface area contributed by atoms with Crippen LogP contribution in [0.25, 0.3) is 0 Å². The van der Waals surface area contributed by atoms with Crippen molar-refractivity contribution in [3.63, 3.8) is 0 Å². The smallest absolute Gasteiger partial charge is 0.368 e. The highest BCUT2D eigenvalue weighted by molar-refractivity contribution is 7.80. The van der Waals surface area contributed by atoms with Gasteiger partial charge in [0.2, 0.25) is 11.8 Å². The lowest BCUT2D eigenvalue weighted by molar-refractivity contribution is -0.137. The van der Waals surface area contributed by atoms with Gasteiger partial charge in [0.15, 0.2) is 5.11 Å². The molecule has 2 aliphatic heterocycles. The number of para-hydroxylation sites is 1. The Bertz CT molecular complexity index is 1070. The number of carbonyl (C=O) groups is 2. The van der Waals surface area contributed by atoms with Crippen molar-refractivity contribution in [1.82, 2.24) is 15.1 Å². The van der Waals surface area contributed by atoms with Gasteiger partial charge in [0.1, 0.15) is 6.04 Å². The Hall–Kier alpha value is -3.34. The maximum atomic E-state index is 13.0. The first-order valence-corrected chi connectivity index (χ1v) is 11.7. The van der Waals surface area contributed by atoms with E-state index in [9.17, 15) is 22.8 Å². The highest BCUT2D eigenvalue weighted by atomic mass is 32.1. The van der Waals surface area contributed by atoms with Crippen LogP contribution in [0.3, 0.4) is 0 Å². The van der Waals surface area contributed by atoms with Gasteiger partial charge in [0, 0.05) is 50.6 Å². The number of anilines is 2. The largest absolute Gasteiger partial charge is 0.416 e. The summed E-state index contributed by atoms with van der Waals surface area (Å²) in [4.78, 5) is 31.2. The zero-order valence-electron chi connectivity index (χ0n) is 18.9. The molecule has 4 rings (SSSR count). The van der Waals surface area contributed by atoms with Gasteiger partial charge in [-0.2, -0.15) is 13.2 Å². The van der Waals surface area contributed by atoms with Crippen LogP contribution in [0.4, 0.5) is 24.5 Å². The lowest BCUT2D eigenvalue weighted by Crippen LogP contribution is -2.60. The molecule has 11 heteroatoms. The number of alkyl halides is 3. The van der Waals surface area contributed by atoms with E-state index >= 15 is 0 Å². The van der Waals surface area contributed by atoms with Gasteiger partial charge in [0.05, 0.1) is 12.0 Å². The number of carbonyl (C=O) groups excluding carboxylic acids is 2. The second kappa shape index (κ2) is 10.5. The van der Waals surface area contributed by atoms with Gasteiger partial charge >= 0.3 is 6.18 Å². The van der Waals surface area contributed by atoms with E-state index in [-0.39, 0.29) is 29.0 Å². The van der Waals surface area contributed by atoms with Gasteiger partial charge in [-0.3, -0.25) is 9.59 Å². The Kier molecular flexibility index (Phi) is 7.44. The zero-order valence-corrected chi connectivity index (χ0v) is 19.7. The minimum atomic E-state index is -4.48. The number of amides is 2. The minimum absolute atomic E-state index is 0.0679. The summed E-state index contributed by atoms with van der Waals surface area (Å²) >= 11 is 5.42. The monoisotopic (exact) mass is 505 g/mol.